The lowest BCUT2D eigenvalue weighted by Crippen LogP contribution is -2.37. The molecule has 2 amide bonds. The lowest BCUT2D eigenvalue weighted by atomic mass is 9.83. The van der Waals surface area contributed by atoms with Crippen LogP contribution in [0, 0.1) is 11.6 Å². The zero-order valence-electron chi connectivity index (χ0n) is 19.1. The number of thiazole rings is 1. The molecule has 0 radical (unpaired) electrons. The zero-order valence-corrected chi connectivity index (χ0v) is 19.9. The fraction of sp³-hybridized carbons (Fsp3) is 0.348. The van der Waals surface area contributed by atoms with Gasteiger partial charge >= 0.3 is 6.18 Å². The van der Waals surface area contributed by atoms with Crippen molar-refractivity contribution >= 4 is 39.1 Å². The normalized spacial score (nSPS) is 15.7. The highest BCUT2D eigenvalue weighted by atomic mass is 32.1. The van der Waals surface area contributed by atoms with Crippen molar-refractivity contribution in [3.8, 4) is 0 Å². The molecular weight excluding hydrogens is 491 g/mol. The van der Waals surface area contributed by atoms with Crippen LogP contribution in [0.1, 0.15) is 54.3 Å². The summed E-state index contributed by atoms with van der Waals surface area (Å²) in [4.78, 5) is 34.4. The Morgan fingerprint density at radius 3 is 2.49 bits per heavy atom. The number of aromatic nitrogens is 2. The van der Waals surface area contributed by atoms with Gasteiger partial charge in [-0.2, -0.15) is 13.2 Å². The smallest absolute Gasteiger partial charge is 0.350 e. The first-order valence-corrected chi connectivity index (χ1v) is 11.4. The maximum atomic E-state index is 13.8. The molecule has 186 valence electrons. The summed E-state index contributed by atoms with van der Waals surface area (Å²) in [7, 11) is 0. The van der Waals surface area contributed by atoms with E-state index in [4.69, 9.17) is 0 Å². The minimum atomic E-state index is -4.64. The van der Waals surface area contributed by atoms with E-state index in [1.54, 1.807) is 27.7 Å². The summed E-state index contributed by atoms with van der Waals surface area (Å²) >= 11 is 0.432. The summed E-state index contributed by atoms with van der Waals surface area (Å²) in [6, 6.07) is 2.42. The molecule has 2 aromatic heterocycles. The van der Waals surface area contributed by atoms with E-state index in [1.165, 1.54) is 11.1 Å². The third-order valence-electron chi connectivity index (χ3n) is 5.48. The molecular formula is C23H21F5N4O2S. The lowest BCUT2D eigenvalue weighted by molar-refractivity contribution is -0.137. The van der Waals surface area contributed by atoms with Crippen LogP contribution in [-0.2, 0) is 16.4 Å². The van der Waals surface area contributed by atoms with Crippen molar-refractivity contribution in [3.05, 3.63) is 57.9 Å². The van der Waals surface area contributed by atoms with Gasteiger partial charge < -0.3 is 15.2 Å². The number of fused-ring (bicyclic) bond motifs is 3. The van der Waals surface area contributed by atoms with Crippen LogP contribution in [0.25, 0.3) is 15.9 Å². The topological polar surface area (TPSA) is 78.1 Å². The maximum Gasteiger partial charge on any atom is 0.443 e. The first-order chi connectivity index (χ1) is 16.2. The van der Waals surface area contributed by atoms with Crippen molar-refractivity contribution in [2.24, 2.45) is 0 Å². The molecule has 4 rings (SSSR count). The van der Waals surface area contributed by atoms with Crippen LogP contribution in [-0.4, -0.2) is 39.3 Å². The predicted octanol–water partition coefficient (Wildman–Crippen LogP) is 5.22. The van der Waals surface area contributed by atoms with Gasteiger partial charge in [0.05, 0.1) is 11.3 Å². The molecule has 1 aliphatic rings. The van der Waals surface area contributed by atoms with Gasteiger partial charge in [0.25, 0.3) is 11.8 Å². The number of hydrogen-bond acceptors (Lipinski definition) is 4. The van der Waals surface area contributed by atoms with E-state index in [-0.39, 0.29) is 39.8 Å². The van der Waals surface area contributed by atoms with Crippen molar-refractivity contribution in [3.63, 3.8) is 0 Å². The Bertz CT molecular complexity index is 1370. The van der Waals surface area contributed by atoms with Gasteiger partial charge in [0.1, 0.15) is 10.3 Å². The fourth-order valence-corrected chi connectivity index (χ4v) is 4.90. The van der Waals surface area contributed by atoms with E-state index in [0.717, 1.165) is 18.2 Å². The third-order valence-corrected chi connectivity index (χ3v) is 6.50. The highest BCUT2D eigenvalue weighted by Gasteiger charge is 2.41. The molecule has 0 saturated heterocycles. The Hall–Kier alpha value is -3.28. The Kier molecular flexibility index (Phi) is 5.98. The molecule has 3 heterocycles. The molecule has 0 saturated carbocycles. The third kappa shape index (κ3) is 4.54. The van der Waals surface area contributed by atoms with E-state index in [9.17, 15) is 31.5 Å². The molecule has 3 aromatic rings. The average molecular weight is 513 g/mol. The predicted molar refractivity (Wildman–Crippen MR) is 121 cm³/mol. The maximum absolute atomic E-state index is 13.8. The number of rotatable bonds is 3. The number of hydrogen-bond donors (Lipinski definition) is 2. The van der Waals surface area contributed by atoms with Crippen LogP contribution in [0.15, 0.2) is 24.4 Å². The number of nitrogens with one attached hydrogen (secondary N) is 2. The van der Waals surface area contributed by atoms with E-state index >= 15 is 0 Å². The van der Waals surface area contributed by atoms with E-state index < -0.39 is 40.0 Å². The first-order valence-electron chi connectivity index (χ1n) is 10.6. The molecule has 0 atom stereocenters. The van der Waals surface area contributed by atoms with Crippen LogP contribution in [0.2, 0.25) is 0 Å². The average Bonchev–Trinajstić information content (AvgIpc) is 3.26. The number of nitrogens with zero attached hydrogens (tertiary/aromatic N) is 2. The van der Waals surface area contributed by atoms with Crippen molar-refractivity contribution < 1.29 is 31.5 Å². The van der Waals surface area contributed by atoms with Gasteiger partial charge in [-0.1, -0.05) is 25.2 Å². The molecule has 6 nitrogen and oxygen atoms in total. The highest BCUT2D eigenvalue weighted by molar-refractivity contribution is 7.18. The number of H-pyrrole nitrogens is 1. The van der Waals surface area contributed by atoms with Crippen molar-refractivity contribution in [1.82, 2.24) is 20.2 Å². The summed E-state index contributed by atoms with van der Waals surface area (Å²) < 4.78 is 67.2. The molecule has 0 spiro atoms. The molecule has 1 aliphatic heterocycles. The number of amides is 2. The number of carbonyl (C=O) groups is 2. The van der Waals surface area contributed by atoms with Gasteiger partial charge in [-0.05, 0) is 32.0 Å². The second-order valence-corrected chi connectivity index (χ2v) is 10.2. The van der Waals surface area contributed by atoms with Gasteiger partial charge in [-0.15, -0.1) is 0 Å². The van der Waals surface area contributed by atoms with Gasteiger partial charge in [0, 0.05) is 35.3 Å². The monoisotopic (exact) mass is 512 g/mol. The Morgan fingerprint density at radius 2 is 1.89 bits per heavy atom. The SMILES string of the molecule is CC(C)NC(=O)C1=CN(C(=O)c2ccc(F)c(F)c2)CC(C)(C)c2c1[nH]c1sc(C(F)(F)F)nc21. The largest absolute Gasteiger partial charge is 0.443 e. The number of aromatic amines is 1. The minimum Gasteiger partial charge on any atom is -0.350 e. The summed E-state index contributed by atoms with van der Waals surface area (Å²) in [5.74, 6) is -3.60. The van der Waals surface area contributed by atoms with E-state index in [1.807, 2.05) is 0 Å². The molecule has 0 aliphatic carbocycles. The van der Waals surface area contributed by atoms with Crippen molar-refractivity contribution in [2.45, 2.75) is 45.3 Å². The van der Waals surface area contributed by atoms with E-state index in [2.05, 4.69) is 15.3 Å². The van der Waals surface area contributed by atoms with Crippen LogP contribution >= 0.6 is 11.3 Å². The number of benzene rings is 1. The zero-order chi connectivity index (χ0) is 25.9. The van der Waals surface area contributed by atoms with Crippen LogP contribution in [0.4, 0.5) is 22.0 Å². The molecule has 35 heavy (non-hydrogen) atoms. The van der Waals surface area contributed by atoms with Gasteiger partial charge in [-0.3, -0.25) is 9.59 Å². The van der Waals surface area contributed by atoms with Crippen LogP contribution in [0.5, 0.6) is 0 Å². The summed E-state index contributed by atoms with van der Waals surface area (Å²) in [5.41, 5.74) is -0.457. The Labute approximate surface area is 200 Å². The first kappa shape index (κ1) is 24.8. The molecule has 12 heteroatoms. The highest BCUT2D eigenvalue weighted by Crippen LogP contribution is 2.44. The Morgan fingerprint density at radius 1 is 1.20 bits per heavy atom. The van der Waals surface area contributed by atoms with Gasteiger partial charge in [0.15, 0.2) is 11.6 Å². The van der Waals surface area contributed by atoms with Crippen molar-refractivity contribution in [2.75, 3.05) is 6.54 Å². The van der Waals surface area contributed by atoms with Gasteiger partial charge in [-0.25, -0.2) is 13.8 Å². The molecule has 1 aromatic carbocycles. The lowest BCUT2D eigenvalue weighted by Gasteiger charge is -2.29. The second-order valence-electron chi connectivity index (χ2n) is 9.19. The van der Waals surface area contributed by atoms with Crippen LogP contribution < -0.4 is 5.32 Å². The minimum absolute atomic E-state index is 0.00830. The molecule has 0 fully saturated rings. The fourth-order valence-electron chi connectivity index (χ4n) is 4.06. The summed E-state index contributed by atoms with van der Waals surface area (Å²) in [6.07, 6.45) is -3.37. The van der Waals surface area contributed by atoms with E-state index in [0.29, 0.717) is 16.9 Å². The van der Waals surface area contributed by atoms with Crippen LogP contribution in [0.3, 0.4) is 0 Å². The summed E-state index contributed by atoms with van der Waals surface area (Å²) in [6.45, 7) is 6.80. The molecule has 0 unspecified atom stereocenters. The molecule has 2 N–H and O–H groups in total. The van der Waals surface area contributed by atoms with Gasteiger partial charge in [0.2, 0.25) is 5.01 Å². The molecule has 0 bridgehead atoms. The second kappa shape index (κ2) is 8.43. The standard InChI is InChI=1S/C23H21F5N4O2S/c1-10(2)29-18(33)12-8-32(20(34)11-5-6-13(24)14(25)7-11)9-22(3,4)15-16(12)30-19-17(15)31-21(35-19)23(26,27)28/h5-8,10,30H,9H2,1-4H3,(H,29,33). The van der Waals surface area contributed by atoms with Crippen molar-refractivity contribution in [1.29, 1.82) is 0 Å². The number of halogens is 5. The number of carbonyl (C=O) groups excluding carboxylic acids is 2. The summed E-state index contributed by atoms with van der Waals surface area (Å²) in [5, 5.41) is 1.69. The Balaban J connectivity index is 1.89. The number of alkyl halides is 3. The quantitative estimate of drug-likeness (QED) is 0.473.